The zero-order valence-corrected chi connectivity index (χ0v) is 18.4. The maximum atomic E-state index is 16.0. The number of amides is 3. The maximum absolute atomic E-state index is 16.0. The fourth-order valence-electron chi connectivity index (χ4n) is 3.71. The van der Waals surface area contributed by atoms with Crippen LogP contribution in [0.2, 0.25) is 0 Å². The molecule has 2 aromatic carbocycles. The van der Waals surface area contributed by atoms with Crippen LogP contribution in [0.25, 0.3) is 22.6 Å². The topological polar surface area (TPSA) is 128 Å². The number of aromatic nitrogens is 1. The first-order valence-electron chi connectivity index (χ1n) is 10.1. The van der Waals surface area contributed by atoms with E-state index in [9.17, 15) is 19.7 Å². The largest absolute Gasteiger partial charge is 0.495 e. The number of methoxy groups -OCH3 is 1. The highest BCUT2D eigenvalue weighted by Crippen LogP contribution is 2.45. The minimum Gasteiger partial charge on any atom is -0.495 e. The number of urea groups is 1. The number of anilines is 1. The third-order valence-electron chi connectivity index (χ3n) is 5.35. The van der Waals surface area contributed by atoms with E-state index in [1.54, 1.807) is 0 Å². The molecular formula is C22H21FN4O6. The van der Waals surface area contributed by atoms with Crippen LogP contribution < -0.4 is 15.0 Å². The molecule has 1 aliphatic heterocycles. The quantitative estimate of drug-likeness (QED) is 0.458. The molecule has 0 aliphatic carbocycles. The summed E-state index contributed by atoms with van der Waals surface area (Å²) in [5, 5.41) is 13.3. The molecule has 1 N–H and O–H groups in total. The number of nitro groups is 1. The minimum absolute atomic E-state index is 0.00328. The molecule has 3 aromatic rings. The van der Waals surface area contributed by atoms with Gasteiger partial charge in [0.15, 0.2) is 11.4 Å². The molecule has 0 bridgehead atoms. The zero-order valence-electron chi connectivity index (χ0n) is 18.4. The summed E-state index contributed by atoms with van der Waals surface area (Å²) in [5.74, 6) is -1.26. The molecule has 0 unspecified atom stereocenters. The van der Waals surface area contributed by atoms with Gasteiger partial charge in [0, 0.05) is 30.7 Å². The number of fused-ring (bicyclic) bond motifs is 1. The second kappa shape index (κ2) is 7.84. The molecule has 1 saturated heterocycles. The van der Waals surface area contributed by atoms with Crippen molar-refractivity contribution >= 4 is 34.4 Å². The van der Waals surface area contributed by atoms with E-state index < -0.39 is 28.1 Å². The Labute approximate surface area is 187 Å². The van der Waals surface area contributed by atoms with Gasteiger partial charge in [-0.3, -0.25) is 25.1 Å². The number of benzene rings is 2. The number of hydrogen-bond acceptors (Lipinski definition) is 7. The molecule has 2 heterocycles. The van der Waals surface area contributed by atoms with Crippen LogP contribution in [0.4, 0.5) is 20.6 Å². The van der Waals surface area contributed by atoms with Crippen molar-refractivity contribution in [3.8, 4) is 17.2 Å². The van der Waals surface area contributed by atoms with Crippen LogP contribution in [0.1, 0.15) is 32.8 Å². The summed E-state index contributed by atoms with van der Waals surface area (Å²) in [6, 6.07) is 4.64. The number of nitro benzene ring substituents is 1. The van der Waals surface area contributed by atoms with Gasteiger partial charge in [0.1, 0.15) is 16.8 Å². The third-order valence-corrected chi connectivity index (χ3v) is 5.35. The Morgan fingerprint density at radius 3 is 2.61 bits per heavy atom. The number of non-ortho nitro benzene ring substituents is 1. The van der Waals surface area contributed by atoms with Gasteiger partial charge in [0.2, 0.25) is 11.8 Å². The highest BCUT2D eigenvalue weighted by atomic mass is 19.1. The number of hydrogen-bond donors (Lipinski definition) is 1. The summed E-state index contributed by atoms with van der Waals surface area (Å²) in [6.45, 7) is 5.68. The van der Waals surface area contributed by atoms with Crippen molar-refractivity contribution in [2.45, 2.75) is 32.6 Å². The van der Waals surface area contributed by atoms with Crippen LogP contribution in [-0.2, 0) is 10.2 Å². The molecule has 3 amide bonds. The predicted octanol–water partition coefficient (Wildman–Crippen LogP) is 4.29. The molecule has 1 aromatic heterocycles. The van der Waals surface area contributed by atoms with Crippen LogP contribution in [0, 0.1) is 15.9 Å². The Bertz CT molecular complexity index is 1310. The Balaban J connectivity index is 1.98. The number of ether oxygens (including phenoxy) is 1. The van der Waals surface area contributed by atoms with E-state index >= 15 is 4.39 Å². The van der Waals surface area contributed by atoms with Crippen molar-refractivity contribution < 1.29 is 28.1 Å². The number of carbonyl (C=O) groups is 2. The Kier molecular flexibility index (Phi) is 5.27. The Morgan fingerprint density at radius 1 is 1.27 bits per heavy atom. The second-order valence-electron chi connectivity index (χ2n) is 8.60. The van der Waals surface area contributed by atoms with Crippen molar-refractivity contribution in [1.29, 1.82) is 0 Å². The van der Waals surface area contributed by atoms with Gasteiger partial charge in [0.05, 0.1) is 17.7 Å². The van der Waals surface area contributed by atoms with E-state index in [1.165, 1.54) is 31.4 Å². The molecule has 0 atom stereocenters. The SMILES string of the molecule is COc1c(C(C)(C)C)cc(N2CCC(=O)NC2=O)c(F)c1-c1nc2cc([N+](=O)[O-])ccc2o1. The van der Waals surface area contributed by atoms with Crippen LogP contribution >= 0.6 is 0 Å². The molecule has 11 heteroatoms. The number of nitrogens with one attached hydrogen (secondary N) is 1. The molecule has 0 radical (unpaired) electrons. The summed E-state index contributed by atoms with van der Waals surface area (Å²) >= 11 is 0. The number of halogens is 1. The monoisotopic (exact) mass is 456 g/mol. The number of carbonyl (C=O) groups excluding carboxylic acids is 2. The van der Waals surface area contributed by atoms with E-state index in [0.717, 1.165) is 4.90 Å². The van der Waals surface area contributed by atoms with Gasteiger partial charge in [-0.2, -0.15) is 0 Å². The number of rotatable bonds is 4. The van der Waals surface area contributed by atoms with Crippen molar-refractivity contribution in [3.63, 3.8) is 0 Å². The van der Waals surface area contributed by atoms with Gasteiger partial charge in [-0.25, -0.2) is 14.2 Å². The lowest BCUT2D eigenvalue weighted by Gasteiger charge is -2.30. The van der Waals surface area contributed by atoms with Crippen LogP contribution in [0.15, 0.2) is 28.7 Å². The molecule has 33 heavy (non-hydrogen) atoms. The molecule has 4 rings (SSSR count). The Morgan fingerprint density at radius 2 is 2.00 bits per heavy atom. The minimum atomic E-state index is -0.828. The van der Waals surface area contributed by atoms with Crippen molar-refractivity contribution in [2.24, 2.45) is 0 Å². The summed E-state index contributed by atoms with van der Waals surface area (Å²) in [4.78, 5) is 40.0. The molecular weight excluding hydrogens is 435 g/mol. The van der Waals surface area contributed by atoms with Gasteiger partial charge in [-0.15, -0.1) is 0 Å². The van der Waals surface area contributed by atoms with E-state index in [1.807, 2.05) is 20.8 Å². The molecule has 1 fully saturated rings. The number of oxazole rings is 1. The van der Waals surface area contributed by atoms with Crippen LogP contribution in [0.5, 0.6) is 5.75 Å². The average Bonchev–Trinajstić information content (AvgIpc) is 3.15. The van der Waals surface area contributed by atoms with E-state index in [2.05, 4.69) is 10.3 Å². The lowest BCUT2D eigenvalue weighted by Crippen LogP contribution is -2.50. The summed E-state index contributed by atoms with van der Waals surface area (Å²) in [5.41, 5.74) is 0.0706. The van der Waals surface area contributed by atoms with Crippen LogP contribution in [-0.4, -0.2) is 35.5 Å². The highest BCUT2D eigenvalue weighted by Gasteiger charge is 2.34. The van der Waals surface area contributed by atoms with Crippen molar-refractivity contribution in [1.82, 2.24) is 10.3 Å². The molecule has 172 valence electrons. The van der Waals surface area contributed by atoms with E-state index in [-0.39, 0.29) is 52.6 Å². The summed E-state index contributed by atoms with van der Waals surface area (Å²) in [7, 11) is 1.38. The van der Waals surface area contributed by atoms with Gasteiger partial charge in [-0.1, -0.05) is 20.8 Å². The predicted molar refractivity (Wildman–Crippen MR) is 117 cm³/mol. The van der Waals surface area contributed by atoms with Crippen molar-refractivity contribution in [3.05, 3.63) is 45.8 Å². The molecule has 10 nitrogen and oxygen atoms in total. The smallest absolute Gasteiger partial charge is 0.328 e. The normalized spacial score (nSPS) is 14.5. The average molecular weight is 456 g/mol. The van der Waals surface area contributed by atoms with E-state index in [4.69, 9.17) is 9.15 Å². The zero-order chi connectivity index (χ0) is 24.1. The van der Waals surface area contributed by atoms with Gasteiger partial charge < -0.3 is 9.15 Å². The third kappa shape index (κ3) is 3.86. The van der Waals surface area contributed by atoms with Gasteiger partial charge in [-0.05, 0) is 17.5 Å². The fraction of sp³-hybridized carbons (Fsp3) is 0.318. The summed E-state index contributed by atoms with van der Waals surface area (Å²) in [6.07, 6.45) is 0.0178. The molecule has 1 aliphatic rings. The lowest BCUT2D eigenvalue weighted by molar-refractivity contribution is -0.384. The van der Waals surface area contributed by atoms with Crippen LogP contribution in [0.3, 0.4) is 0 Å². The second-order valence-corrected chi connectivity index (χ2v) is 8.60. The number of imide groups is 1. The maximum Gasteiger partial charge on any atom is 0.328 e. The summed E-state index contributed by atoms with van der Waals surface area (Å²) < 4.78 is 27.3. The first-order chi connectivity index (χ1) is 15.5. The van der Waals surface area contributed by atoms with Gasteiger partial charge >= 0.3 is 6.03 Å². The standard InChI is InChI=1S/C22H21FN4O6/c1-22(2,3)12-10-14(26-8-7-16(28)25-21(26)29)18(23)17(19(12)32-4)20-24-13-9-11(27(30)31)5-6-15(13)33-20/h5-6,9-10H,7-8H2,1-4H3,(H,25,28,29). The molecule has 0 saturated carbocycles. The highest BCUT2D eigenvalue weighted by molar-refractivity contribution is 6.06. The van der Waals surface area contributed by atoms with Crippen molar-refractivity contribution in [2.75, 3.05) is 18.6 Å². The number of nitrogens with zero attached hydrogens (tertiary/aromatic N) is 3. The molecule has 0 spiro atoms. The first-order valence-corrected chi connectivity index (χ1v) is 10.1. The Hall–Kier alpha value is -4.02. The lowest BCUT2D eigenvalue weighted by atomic mass is 9.84. The fourth-order valence-corrected chi connectivity index (χ4v) is 3.71. The van der Waals surface area contributed by atoms with E-state index in [0.29, 0.717) is 5.56 Å². The first kappa shape index (κ1) is 22.2. The van der Waals surface area contributed by atoms with Gasteiger partial charge in [0.25, 0.3) is 5.69 Å².